The fraction of sp³-hybridized carbons (Fsp3) is 0.833. The summed E-state index contributed by atoms with van der Waals surface area (Å²) in [7, 11) is 0. The topological polar surface area (TPSA) is 66.6 Å². The number of nitriles is 1. The number of ether oxygens (including phenoxy) is 1. The van der Waals surface area contributed by atoms with Crippen molar-refractivity contribution < 1.29 is 14.4 Å². The van der Waals surface area contributed by atoms with E-state index < -0.39 is 5.54 Å². The van der Waals surface area contributed by atoms with Crippen molar-refractivity contribution in [3.8, 4) is 6.07 Å². The highest BCUT2D eigenvalue weighted by Gasteiger charge is 2.31. The molecule has 0 aromatic heterocycles. The van der Waals surface area contributed by atoms with Crippen molar-refractivity contribution in [1.82, 2.24) is 5.32 Å². The Kier molecular flexibility index (Phi) is 4.91. The molecule has 0 bridgehead atoms. The summed E-state index contributed by atoms with van der Waals surface area (Å²) in [6.45, 7) is 9.20. The van der Waals surface area contributed by atoms with Crippen LogP contribution < -0.4 is 10.2 Å². The molecule has 1 rings (SSSR count). The smallest absolute Gasteiger partial charge is 0.276 e. The van der Waals surface area contributed by atoms with Gasteiger partial charge in [0.15, 0.2) is 6.54 Å². The standard InChI is InChI=1S/C12H21N3O2/c1-10(2)12(3,9-13)14-11(16)8-15-4-6-17-7-5-15/h10H,4-8H2,1-3H3,(H,14,16)/p+1/t12-/m1/s1. The van der Waals surface area contributed by atoms with Gasteiger partial charge in [0.1, 0.15) is 18.6 Å². The maximum absolute atomic E-state index is 11.9. The van der Waals surface area contributed by atoms with E-state index in [1.807, 2.05) is 13.8 Å². The fourth-order valence-electron chi connectivity index (χ4n) is 1.70. The SMILES string of the molecule is CC(C)[C@@](C)(C#N)NC(=O)C[NH+]1CCOCC1. The zero-order valence-corrected chi connectivity index (χ0v) is 10.9. The molecule has 1 saturated heterocycles. The van der Waals surface area contributed by atoms with Gasteiger partial charge in [0.25, 0.3) is 5.91 Å². The van der Waals surface area contributed by atoms with Crippen molar-refractivity contribution in [2.75, 3.05) is 32.8 Å². The van der Waals surface area contributed by atoms with Crippen LogP contribution in [0.25, 0.3) is 0 Å². The molecule has 1 heterocycles. The van der Waals surface area contributed by atoms with E-state index in [1.165, 1.54) is 4.90 Å². The predicted octanol–water partition coefficient (Wildman–Crippen LogP) is -1.04. The van der Waals surface area contributed by atoms with Crippen molar-refractivity contribution in [2.24, 2.45) is 5.92 Å². The molecule has 1 amide bonds. The molecular weight excluding hydrogens is 218 g/mol. The van der Waals surface area contributed by atoms with E-state index >= 15 is 0 Å². The molecule has 1 atom stereocenters. The number of nitrogens with one attached hydrogen (secondary N) is 2. The number of hydrogen-bond acceptors (Lipinski definition) is 3. The number of rotatable bonds is 4. The maximum Gasteiger partial charge on any atom is 0.276 e. The Hall–Kier alpha value is -1.12. The predicted molar refractivity (Wildman–Crippen MR) is 63.4 cm³/mol. The molecule has 0 aliphatic carbocycles. The van der Waals surface area contributed by atoms with E-state index in [0.29, 0.717) is 19.8 Å². The second-order valence-corrected chi connectivity index (χ2v) is 5.06. The van der Waals surface area contributed by atoms with Crippen LogP contribution in [-0.2, 0) is 9.53 Å². The molecule has 96 valence electrons. The van der Waals surface area contributed by atoms with Gasteiger partial charge in [-0.1, -0.05) is 13.8 Å². The first kappa shape index (κ1) is 13.9. The summed E-state index contributed by atoms with van der Waals surface area (Å²) < 4.78 is 5.24. The largest absolute Gasteiger partial charge is 0.370 e. The fourth-order valence-corrected chi connectivity index (χ4v) is 1.70. The van der Waals surface area contributed by atoms with Crippen LogP contribution in [0.15, 0.2) is 0 Å². The lowest BCUT2D eigenvalue weighted by molar-refractivity contribution is -0.900. The Labute approximate surface area is 103 Å². The minimum Gasteiger partial charge on any atom is -0.370 e. The Bertz CT molecular complexity index is 305. The number of hydrogen-bond donors (Lipinski definition) is 2. The molecule has 5 nitrogen and oxygen atoms in total. The molecule has 1 aliphatic heterocycles. The molecule has 2 N–H and O–H groups in total. The van der Waals surface area contributed by atoms with E-state index in [2.05, 4.69) is 11.4 Å². The first-order chi connectivity index (χ1) is 7.98. The van der Waals surface area contributed by atoms with Crippen molar-refractivity contribution in [3.05, 3.63) is 0 Å². The van der Waals surface area contributed by atoms with Crippen molar-refractivity contribution in [2.45, 2.75) is 26.3 Å². The van der Waals surface area contributed by atoms with Crippen LogP contribution >= 0.6 is 0 Å². The van der Waals surface area contributed by atoms with Crippen LogP contribution in [0, 0.1) is 17.2 Å². The first-order valence-corrected chi connectivity index (χ1v) is 6.11. The van der Waals surface area contributed by atoms with Crippen LogP contribution in [0.5, 0.6) is 0 Å². The van der Waals surface area contributed by atoms with Crippen molar-refractivity contribution in [3.63, 3.8) is 0 Å². The lowest BCUT2D eigenvalue weighted by Crippen LogP contribution is -3.15. The Balaban J connectivity index is 2.45. The van der Waals surface area contributed by atoms with Gasteiger partial charge >= 0.3 is 0 Å². The van der Waals surface area contributed by atoms with Gasteiger partial charge in [-0.05, 0) is 12.8 Å². The zero-order valence-electron chi connectivity index (χ0n) is 10.9. The molecule has 0 unspecified atom stereocenters. The van der Waals surface area contributed by atoms with Gasteiger partial charge in [-0.2, -0.15) is 5.26 Å². The molecule has 0 radical (unpaired) electrons. The summed E-state index contributed by atoms with van der Waals surface area (Å²) >= 11 is 0. The Morgan fingerprint density at radius 3 is 2.59 bits per heavy atom. The van der Waals surface area contributed by atoms with E-state index in [0.717, 1.165) is 13.1 Å². The zero-order chi connectivity index (χ0) is 12.9. The lowest BCUT2D eigenvalue weighted by Gasteiger charge is -2.29. The van der Waals surface area contributed by atoms with Gasteiger partial charge in [0.05, 0.1) is 19.3 Å². The first-order valence-electron chi connectivity index (χ1n) is 6.11. The minimum atomic E-state index is -0.775. The van der Waals surface area contributed by atoms with Gasteiger partial charge < -0.3 is 15.0 Å². The third-order valence-corrected chi connectivity index (χ3v) is 3.40. The van der Waals surface area contributed by atoms with Crippen LogP contribution in [-0.4, -0.2) is 44.3 Å². The highest BCUT2D eigenvalue weighted by Crippen LogP contribution is 2.14. The van der Waals surface area contributed by atoms with Crippen LogP contribution in [0.2, 0.25) is 0 Å². The third-order valence-electron chi connectivity index (χ3n) is 3.40. The number of quaternary nitrogens is 1. The third kappa shape index (κ3) is 3.99. The van der Waals surface area contributed by atoms with E-state index in [4.69, 9.17) is 10.00 Å². The lowest BCUT2D eigenvalue weighted by atomic mass is 9.90. The summed E-state index contributed by atoms with van der Waals surface area (Å²) in [5.41, 5.74) is -0.775. The monoisotopic (exact) mass is 240 g/mol. The van der Waals surface area contributed by atoms with Gasteiger partial charge in [-0.3, -0.25) is 4.79 Å². The number of carbonyl (C=O) groups excluding carboxylic acids is 1. The summed E-state index contributed by atoms with van der Waals surface area (Å²) in [5.74, 6) is 0.0378. The molecule has 0 spiro atoms. The Morgan fingerprint density at radius 1 is 1.53 bits per heavy atom. The second-order valence-electron chi connectivity index (χ2n) is 5.06. The van der Waals surface area contributed by atoms with Gasteiger partial charge in [0.2, 0.25) is 0 Å². The molecular formula is C12H22N3O2+. The molecule has 1 fully saturated rings. The number of morpholine rings is 1. The molecule has 5 heteroatoms. The summed E-state index contributed by atoms with van der Waals surface area (Å²) in [5, 5.41) is 11.9. The van der Waals surface area contributed by atoms with Gasteiger partial charge in [-0.15, -0.1) is 0 Å². The summed E-state index contributed by atoms with van der Waals surface area (Å²) in [6.07, 6.45) is 0. The quantitative estimate of drug-likeness (QED) is 0.659. The highest BCUT2D eigenvalue weighted by molar-refractivity contribution is 5.78. The maximum atomic E-state index is 11.9. The molecule has 1 aliphatic rings. The summed E-state index contributed by atoms with van der Waals surface area (Å²) in [6, 6.07) is 2.18. The van der Waals surface area contributed by atoms with Crippen molar-refractivity contribution in [1.29, 1.82) is 5.26 Å². The van der Waals surface area contributed by atoms with E-state index in [1.54, 1.807) is 6.92 Å². The second kappa shape index (κ2) is 5.99. The number of amides is 1. The number of carbonyl (C=O) groups is 1. The molecule has 0 saturated carbocycles. The molecule has 0 aromatic rings. The molecule has 17 heavy (non-hydrogen) atoms. The minimum absolute atomic E-state index is 0.0559. The van der Waals surface area contributed by atoms with E-state index in [-0.39, 0.29) is 11.8 Å². The van der Waals surface area contributed by atoms with Crippen LogP contribution in [0.4, 0.5) is 0 Å². The highest BCUT2D eigenvalue weighted by atomic mass is 16.5. The van der Waals surface area contributed by atoms with Crippen LogP contribution in [0.3, 0.4) is 0 Å². The van der Waals surface area contributed by atoms with Crippen LogP contribution in [0.1, 0.15) is 20.8 Å². The van der Waals surface area contributed by atoms with Gasteiger partial charge in [-0.25, -0.2) is 0 Å². The number of nitrogens with zero attached hydrogens (tertiary/aromatic N) is 1. The Morgan fingerprint density at radius 2 is 2.12 bits per heavy atom. The average molecular weight is 240 g/mol. The van der Waals surface area contributed by atoms with E-state index in [9.17, 15) is 4.79 Å². The molecule has 0 aromatic carbocycles. The average Bonchev–Trinajstić information content (AvgIpc) is 2.29. The summed E-state index contributed by atoms with van der Waals surface area (Å²) in [4.78, 5) is 13.1. The van der Waals surface area contributed by atoms with Gasteiger partial charge in [0, 0.05) is 0 Å². The van der Waals surface area contributed by atoms with Crippen molar-refractivity contribution >= 4 is 5.91 Å². The normalized spacial score (nSPS) is 20.6.